The van der Waals surface area contributed by atoms with Crippen LogP contribution in [0.15, 0.2) is 85.1 Å². The molecule has 0 heterocycles. The second-order valence-electron chi connectivity index (χ2n) is 24.2. The van der Waals surface area contributed by atoms with E-state index in [9.17, 15) is 19.0 Å². The maximum Gasteiger partial charge on any atom is 0.306 e. The summed E-state index contributed by atoms with van der Waals surface area (Å²) in [4.78, 5) is 37.9. The van der Waals surface area contributed by atoms with Gasteiger partial charge in [-0.05, 0) is 89.9 Å². The average molecular weight is 1170 g/mol. The fourth-order valence-corrected chi connectivity index (χ4v) is 10.4. The van der Waals surface area contributed by atoms with Crippen molar-refractivity contribution in [3.8, 4) is 0 Å². The number of ether oxygens (including phenoxy) is 2. The van der Waals surface area contributed by atoms with Crippen molar-refractivity contribution in [2.45, 2.75) is 315 Å². The van der Waals surface area contributed by atoms with E-state index in [4.69, 9.17) is 18.5 Å². The van der Waals surface area contributed by atoms with Crippen LogP contribution < -0.4 is 4.89 Å². The maximum absolute atomic E-state index is 12.8. The Hall–Kier alpha value is -2.81. The van der Waals surface area contributed by atoms with Crippen molar-refractivity contribution in [2.75, 3.05) is 47.5 Å². The highest BCUT2D eigenvalue weighted by Gasteiger charge is 2.22. The summed E-state index contributed by atoms with van der Waals surface area (Å²) < 4.78 is 34.2. The first kappa shape index (κ1) is 79.2. The highest BCUT2D eigenvalue weighted by atomic mass is 31.2. The van der Waals surface area contributed by atoms with Crippen molar-refractivity contribution in [3.05, 3.63) is 85.1 Å². The van der Waals surface area contributed by atoms with Gasteiger partial charge in [0.25, 0.3) is 7.82 Å². The molecule has 0 fully saturated rings. The fraction of sp³-hybridized carbons (Fsp3) is 0.778. The number of rotatable bonds is 63. The summed E-state index contributed by atoms with van der Waals surface area (Å²) in [6, 6.07) is 0. The molecule has 0 amide bonds. The Bertz CT molecular complexity index is 1660. The van der Waals surface area contributed by atoms with Crippen LogP contribution >= 0.6 is 7.82 Å². The lowest BCUT2D eigenvalue weighted by molar-refractivity contribution is -0.870. The summed E-state index contributed by atoms with van der Waals surface area (Å²) in [5, 5.41) is 0. The third-order valence-electron chi connectivity index (χ3n) is 14.9. The first-order valence-electron chi connectivity index (χ1n) is 34.3. The van der Waals surface area contributed by atoms with E-state index in [2.05, 4.69) is 98.9 Å². The summed E-state index contributed by atoms with van der Waals surface area (Å²) in [7, 11) is 1.15. The van der Waals surface area contributed by atoms with E-state index < -0.39 is 26.5 Å². The van der Waals surface area contributed by atoms with Gasteiger partial charge in [-0.1, -0.05) is 292 Å². The molecule has 0 aliphatic carbocycles. The summed E-state index contributed by atoms with van der Waals surface area (Å²) in [6.07, 6.45) is 85.5. The number of unbranched alkanes of at least 4 members (excludes halogenated alkanes) is 35. The largest absolute Gasteiger partial charge is 0.756 e. The number of nitrogens with zero attached hydrogens (tertiary/aromatic N) is 1. The van der Waals surface area contributed by atoms with Crippen molar-refractivity contribution in [2.24, 2.45) is 0 Å². The van der Waals surface area contributed by atoms with Crippen LogP contribution in [-0.4, -0.2) is 70.0 Å². The molecule has 0 saturated carbocycles. The van der Waals surface area contributed by atoms with Gasteiger partial charge in [0.1, 0.15) is 19.8 Å². The van der Waals surface area contributed by atoms with Crippen LogP contribution in [0.5, 0.6) is 0 Å². The molecule has 9 nitrogen and oxygen atoms in total. The molecule has 0 spiro atoms. The predicted molar refractivity (Wildman–Crippen MR) is 351 cm³/mol. The molecule has 10 heteroatoms. The van der Waals surface area contributed by atoms with E-state index in [-0.39, 0.29) is 32.0 Å². The summed E-state index contributed by atoms with van der Waals surface area (Å²) in [5.41, 5.74) is 0. The highest BCUT2D eigenvalue weighted by Crippen LogP contribution is 2.38. The molecule has 0 N–H and O–H groups in total. The number of esters is 2. The molecule has 0 aromatic rings. The van der Waals surface area contributed by atoms with Gasteiger partial charge < -0.3 is 27.9 Å². The second kappa shape index (κ2) is 62.7. The number of phosphoric ester groups is 1. The molecule has 476 valence electrons. The first-order valence-corrected chi connectivity index (χ1v) is 35.8. The van der Waals surface area contributed by atoms with Gasteiger partial charge in [-0.25, -0.2) is 0 Å². The number of quaternary nitrogens is 1. The van der Waals surface area contributed by atoms with Gasteiger partial charge in [0, 0.05) is 12.8 Å². The summed E-state index contributed by atoms with van der Waals surface area (Å²) in [6.45, 7) is 4.11. The Morgan fingerprint density at radius 3 is 1.04 bits per heavy atom. The molecule has 0 bridgehead atoms. The third-order valence-corrected chi connectivity index (χ3v) is 15.9. The van der Waals surface area contributed by atoms with E-state index in [1.54, 1.807) is 0 Å². The standard InChI is InChI=1S/C72H130NO8P/c1-6-8-10-12-14-16-18-20-22-24-25-26-27-28-29-30-31-32-33-34-35-36-37-38-39-40-41-42-43-44-45-46-47-49-50-52-54-56-58-60-62-64-71(74)78-68-70(69-80-82(76,77)79-67-66-73(3,4)5)81-72(75)65-63-61-59-57-55-53-51-48-23-21-19-17-15-13-11-9-7-2/h9,11,15,17-18,20-21,23-25,27-28,51,53,70H,6-8,10,12-14,16,19,22,26,29-50,52,54-69H2,1-5H3/b11-9-,17-15-,20-18-,23-21-,25-24-,28-27-,53-51-. The van der Waals surface area contributed by atoms with E-state index in [1.807, 2.05) is 21.1 Å². The normalized spacial score (nSPS) is 13.7. The number of phosphoric acid groups is 1. The predicted octanol–water partition coefficient (Wildman–Crippen LogP) is 21.5. The first-order chi connectivity index (χ1) is 40.0. The molecule has 0 rings (SSSR count). The van der Waals surface area contributed by atoms with Gasteiger partial charge in [0.15, 0.2) is 6.10 Å². The number of carbonyl (C=O) groups excluding carboxylic acids is 2. The zero-order valence-electron chi connectivity index (χ0n) is 54.2. The van der Waals surface area contributed by atoms with Crippen LogP contribution in [0.1, 0.15) is 309 Å². The summed E-state index contributed by atoms with van der Waals surface area (Å²) in [5.74, 6) is -0.854. The second-order valence-corrected chi connectivity index (χ2v) is 25.6. The topological polar surface area (TPSA) is 111 Å². The Balaban J connectivity index is 3.89. The third kappa shape index (κ3) is 66.3. The van der Waals surface area contributed by atoms with Gasteiger partial charge in [0.2, 0.25) is 0 Å². The Morgan fingerprint density at radius 2 is 0.695 bits per heavy atom. The molecular formula is C72H130NO8P. The van der Waals surface area contributed by atoms with Crippen LogP contribution in [0, 0.1) is 0 Å². The Morgan fingerprint density at radius 1 is 0.390 bits per heavy atom. The van der Waals surface area contributed by atoms with Gasteiger partial charge in [-0.15, -0.1) is 0 Å². The minimum Gasteiger partial charge on any atom is -0.756 e. The van der Waals surface area contributed by atoms with Crippen LogP contribution in [0.4, 0.5) is 0 Å². The molecule has 0 saturated heterocycles. The molecule has 0 aromatic heterocycles. The van der Waals surface area contributed by atoms with E-state index in [0.29, 0.717) is 17.4 Å². The van der Waals surface area contributed by atoms with Crippen molar-refractivity contribution < 1.29 is 42.1 Å². The maximum atomic E-state index is 12.8. The molecule has 0 aliphatic rings. The van der Waals surface area contributed by atoms with Gasteiger partial charge in [-0.3, -0.25) is 14.2 Å². The monoisotopic (exact) mass is 1170 g/mol. The van der Waals surface area contributed by atoms with Crippen LogP contribution in [-0.2, 0) is 32.7 Å². The number of hydrogen-bond acceptors (Lipinski definition) is 8. The van der Waals surface area contributed by atoms with E-state index in [0.717, 1.165) is 83.5 Å². The highest BCUT2D eigenvalue weighted by molar-refractivity contribution is 7.45. The van der Waals surface area contributed by atoms with Crippen LogP contribution in [0.2, 0.25) is 0 Å². The molecule has 82 heavy (non-hydrogen) atoms. The van der Waals surface area contributed by atoms with Crippen LogP contribution in [0.3, 0.4) is 0 Å². The van der Waals surface area contributed by atoms with Crippen molar-refractivity contribution in [1.29, 1.82) is 0 Å². The van der Waals surface area contributed by atoms with Crippen molar-refractivity contribution >= 4 is 19.8 Å². The van der Waals surface area contributed by atoms with E-state index in [1.165, 1.54) is 193 Å². The SMILES string of the molecule is CC/C=C\C/C=C\C/C=C\C/C=C\CCCCCCC(=O)OC(COC(=O)CCCCCCCCCCCCCCCCCCCCCCCCCCCC/C=C\C/C=C\C/C=C\CCCCCCC)COP(=O)([O-])OCC[N+](C)(C)C. The van der Waals surface area contributed by atoms with Gasteiger partial charge >= 0.3 is 11.9 Å². The molecule has 2 unspecified atom stereocenters. The average Bonchev–Trinajstić information content (AvgIpc) is 3.46. The Labute approximate surface area is 507 Å². The number of allylic oxidation sites excluding steroid dienone is 14. The molecule has 0 aliphatic heterocycles. The molecular weight excluding hydrogens is 1040 g/mol. The van der Waals surface area contributed by atoms with Gasteiger partial charge in [0.05, 0.1) is 27.7 Å². The zero-order valence-corrected chi connectivity index (χ0v) is 55.1. The minimum atomic E-state index is -4.65. The Kier molecular flexibility index (Phi) is 60.6. The van der Waals surface area contributed by atoms with Crippen molar-refractivity contribution in [3.63, 3.8) is 0 Å². The fourth-order valence-electron chi connectivity index (χ4n) is 9.66. The quantitative estimate of drug-likeness (QED) is 0.0195. The number of carbonyl (C=O) groups is 2. The number of hydrogen-bond donors (Lipinski definition) is 0. The zero-order chi connectivity index (χ0) is 59.8. The number of likely N-dealkylation sites (N-methyl/N-ethyl adjacent to an activating group) is 1. The lowest BCUT2D eigenvalue weighted by Crippen LogP contribution is -2.37. The lowest BCUT2D eigenvalue weighted by Gasteiger charge is -2.28. The van der Waals surface area contributed by atoms with Crippen molar-refractivity contribution in [1.82, 2.24) is 0 Å². The minimum absolute atomic E-state index is 0.0377. The molecule has 0 aromatic carbocycles. The lowest BCUT2D eigenvalue weighted by atomic mass is 10.0. The van der Waals surface area contributed by atoms with Gasteiger partial charge in [-0.2, -0.15) is 0 Å². The molecule has 0 radical (unpaired) electrons. The van der Waals surface area contributed by atoms with Crippen LogP contribution in [0.25, 0.3) is 0 Å². The summed E-state index contributed by atoms with van der Waals surface area (Å²) >= 11 is 0. The molecule has 2 atom stereocenters. The smallest absolute Gasteiger partial charge is 0.306 e. The van der Waals surface area contributed by atoms with E-state index >= 15 is 0 Å².